The topological polar surface area (TPSA) is 66.0 Å². The van der Waals surface area contributed by atoms with E-state index in [0.717, 1.165) is 31.7 Å². The van der Waals surface area contributed by atoms with Crippen LogP contribution in [-0.2, 0) is 18.2 Å². The lowest BCUT2D eigenvalue weighted by Crippen LogP contribution is -2.30. The molecule has 2 aromatic rings. The van der Waals surface area contributed by atoms with E-state index in [9.17, 15) is 0 Å². The van der Waals surface area contributed by atoms with Gasteiger partial charge in [-0.25, -0.2) is 4.98 Å². The van der Waals surface area contributed by atoms with Crippen LogP contribution in [0.15, 0.2) is 16.9 Å². The maximum absolute atomic E-state index is 5.81. The molecule has 114 valence electrons. The fourth-order valence-corrected chi connectivity index (χ4v) is 2.81. The first-order valence-electron chi connectivity index (χ1n) is 7.55. The first-order chi connectivity index (χ1) is 10.1. The molecule has 0 saturated carbocycles. The molecule has 0 radical (unpaired) electrons. The van der Waals surface area contributed by atoms with Gasteiger partial charge in [-0.15, -0.1) is 0 Å². The predicted octanol–water partition coefficient (Wildman–Crippen LogP) is 2.46. The Hall–Kier alpha value is -1.69. The van der Waals surface area contributed by atoms with E-state index in [-0.39, 0.29) is 0 Å². The molecule has 6 nitrogen and oxygen atoms in total. The standard InChI is InChI=1S/C15H22N4O2/c1-10(2)12-8-11(4-7-20-12)9-13-17-14(18-21-13)15-16-5-6-19(15)3/h5-6,10-12H,4,7-9H2,1-3H3. The summed E-state index contributed by atoms with van der Waals surface area (Å²) in [5.74, 6) is 3.10. The summed E-state index contributed by atoms with van der Waals surface area (Å²) in [5.41, 5.74) is 0. The fraction of sp³-hybridized carbons (Fsp3) is 0.667. The van der Waals surface area contributed by atoms with Crippen LogP contribution in [0, 0.1) is 11.8 Å². The molecule has 0 aliphatic carbocycles. The molecule has 2 aromatic heterocycles. The van der Waals surface area contributed by atoms with Crippen molar-refractivity contribution in [1.82, 2.24) is 19.7 Å². The quantitative estimate of drug-likeness (QED) is 0.865. The Morgan fingerprint density at radius 1 is 1.43 bits per heavy atom. The Labute approximate surface area is 124 Å². The Bertz CT molecular complexity index is 590. The van der Waals surface area contributed by atoms with Crippen LogP contribution in [0.4, 0.5) is 0 Å². The number of rotatable bonds is 4. The van der Waals surface area contributed by atoms with Crippen LogP contribution in [-0.4, -0.2) is 32.4 Å². The third kappa shape index (κ3) is 3.15. The molecule has 2 unspecified atom stereocenters. The molecule has 0 amide bonds. The van der Waals surface area contributed by atoms with E-state index < -0.39 is 0 Å². The maximum atomic E-state index is 5.81. The van der Waals surface area contributed by atoms with Crippen molar-refractivity contribution in [3.05, 3.63) is 18.3 Å². The Morgan fingerprint density at radius 3 is 3.00 bits per heavy atom. The van der Waals surface area contributed by atoms with Gasteiger partial charge >= 0.3 is 0 Å². The molecular weight excluding hydrogens is 268 g/mol. The molecule has 3 rings (SSSR count). The minimum absolute atomic E-state index is 0.348. The number of imidazole rings is 1. The molecule has 1 saturated heterocycles. The summed E-state index contributed by atoms with van der Waals surface area (Å²) >= 11 is 0. The van der Waals surface area contributed by atoms with Gasteiger partial charge in [0.15, 0.2) is 5.82 Å². The van der Waals surface area contributed by atoms with Crippen LogP contribution in [0.2, 0.25) is 0 Å². The summed E-state index contributed by atoms with van der Waals surface area (Å²) in [6, 6.07) is 0. The summed E-state index contributed by atoms with van der Waals surface area (Å²) in [6.45, 7) is 5.24. The van der Waals surface area contributed by atoms with Crippen LogP contribution in [0.5, 0.6) is 0 Å². The molecule has 0 aromatic carbocycles. The lowest BCUT2D eigenvalue weighted by atomic mass is 9.88. The first kappa shape index (κ1) is 14.3. The maximum Gasteiger partial charge on any atom is 0.238 e. The summed E-state index contributed by atoms with van der Waals surface area (Å²) in [6.07, 6.45) is 6.90. The lowest BCUT2D eigenvalue weighted by molar-refractivity contribution is -0.0349. The Kier molecular flexibility index (Phi) is 4.05. The Morgan fingerprint density at radius 2 is 2.29 bits per heavy atom. The monoisotopic (exact) mass is 290 g/mol. The van der Waals surface area contributed by atoms with Gasteiger partial charge in [0, 0.05) is 32.5 Å². The highest BCUT2D eigenvalue weighted by atomic mass is 16.5. The molecule has 1 aliphatic heterocycles. The van der Waals surface area contributed by atoms with Gasteiger partial charge in [-0.3, -0.25) is 0 Å². The van der Waals surface area contributed by atoms with Gasteiger partial charge in [0.05, 0.1) is 6.10 Å². The molecule has 1 fully saturated rings. The number of hydrogen-bond acceptors (Lipinski definition) is 5. The van der Waals surface area contributed by atoms with Crippen LogP contribution >= 0.6 is 0 Å². The van der Waals surface area contributed by atoms with Crippen molar-refractivity contribution in [1.29, 1.82) is 0 Å². The van der Waals surface area contributed by atoms with Crippen LogP contribution in [0.3, 0.4) is 0 Å². The zero-order chi connectivity index (χ0) is 14.8. The second-order valence-electron chi connectivity index (χ2n) is 6.12. The first-order valence-corrected chi connectivity index (χ1v) is 7.55. The predicted molar refractivity (Wildman–Crippen MR) is 77.5 cm³/mol. The second-order valence-corrected chi connectivity index (χ2v) is 6.12. The molecule has 6 heteroatoms. The van der Waals surface area contributed by atoms with Crippen molar-refractivity contribution >= 4 is 0 Å². The lowest BCUT2D eigenvalue weighted by Gasteiger charge is -2.31. The molecule has 0 spiro atoms. The van der Waals surface area contributed by atoms with E-state index in [2.05, 4.69) is 29.0 Å². The molecule has 2 atom stereocenters. The Balaban J connectivity index is 1.66. The van der Waals surface area contributed by atoms with Crippen LogP contribution < -0.4 is 0 Å². The molecule has 21 heavy (non-hydrogen) atoms. The molecule has 3 heterocycles. The van der Waals surface area contributed by atoms with Gasteiger partial charge < -0.3 is 13.8 Å². The average Bonchev–Trinajstić information content (AvgIpc) is 3.08. The number of hydrogen-bond donors (Lipinski definition) is 0. The molecule has 0 N–H and O–H groups in total. The molecular formula is C15H22N4O2. The second kappa shape index (κ2) is 5.97. The average molecular weight is 290 g/mol. The van der Waals surface area contributed by atoms with E-state index in [1.807, 2.05) is 17.8 Å². The van der Waals surface area contributed by atoms with Crippen LogP contribution in [0.25, 0.3) is 11.6 Å². The SMILES string of the molecule is CC(C)C1CC(Cc2nc(-c3nccn3C)no2)CCO1. The molecule has 1 aliphatic rings. The normalized spacial score (nSPS) is 22.9. The third-order valence-corrected chi connectivity index (χ3v) is 4.12. The summed E-state index contributed by atoms with van der Waals surface area (Å²) in [5, 5.41) is 4.04. The molecule has 0 bridgehead atoms. The van der Waals surface area contributed by atoms with Crippen LogP contribution in [0.1, 0.15) is 32.6 Å². The fourth-order valence-electron chi connectivity index (χ4n) is 2.81. The van der Waals surface area contributed by atoms with Crippen molar-refractivity contribution in [2.45, 2.75) is 39.2 Å². The minimum Gasteiger partial charge on any atom is -0.378 e. The highest BCUT2D eigenvalue weighted by Crippen LogP contribution is 2.27. The van der Waals surface area contributed by atoms with Gasteiger partial charge in [-0.05, 0) is 24.7 Å². The minimum atomic E-state index is 0.348. The van der Waals surface area contributed by atoms with E-state index >= 15 is 0 Å². The highest BCUT2D eigenvalue weighted by molar-refractivity contribution is 5.42. The number of aromatic nitrogens is 4. The van der Waals surface area contributed by atoms with E-state index in [1.165, 1.54) is 0 Å². The van der Waals surface area contributed by atoms with E-state index in [0.29, 0.717) is 29.7 Å². The van der Waals surface area contributed by atoms with E-state index in [1.54, 1.807) is 6.20 Å². The summed E-state index contributed by atoms with van der Waals surface area (Å²) in [4.78, 5) is 8.71. The van der Waals surface area contributed by atoms with Crippen molar-refractivity contribution in [2.75, 3.05) is 6.61 Å². The van der Waals surface area contributed by atoms with Crippen molar-refractivity contribution in [2.24, 2.45) is 18.9 Å². The van der Waals surface area contributed by atoms with Gasteiger partial charge in [-0.2, -0.15) is 4.98 Å². The van der Waals surface area contributed by atoms with Gasteiger partial charge in [0.1, 0.15) is 0 Å². The van der Waals surface area contributed by atoms with Crippen molar-refractivity contribution in [3.8, 4) is 11.6 Å². The van der Waals surface area contributed by atoms with Gasteiger partial charge in [-0.1, -0.05) is 19.0 Å². The van der Waals surface area contributed by atoms with E-state index in [4.69, 9.17) is 9.26 Å². The number of aryl methyl sites for hydroxylation is 1. The number of ether oxygens (including phenoxy) is 1. The number of nitrogens with zero attached hydrogens (tertiary/aromatic N) is 4. The third-order valence-electron chi connectivity index (χ3n) is 4.12. The zero-order valence-corrected chi connectivity index (χ0v) is 12.8. The largest absolute Gasteiger partial charge is 0.378 e. The van der Waals surface area contributed by atoms with Gasteiger partial charge in [0.2, 0.25) is 11.7 Å². The highest BCUT2D eigenvalue weighted by Gasteiger charge is 2.26. The van der Waals surface area contributed by atoms with Gasteiger partial charge in [0.25, 0.3) is 0 Å². The van der Waals surface area contributed by atoms with Crippen molar-refractivity contribution in [3.63, 3.8) is 0 Å². The summed E-state index contributed by atoms with van der Waals surface area (Å²) < 4.78 is 13.1. The summed E-state index contributed by atoms with van der Waals surface area (Å²) in [7, 11) is 1.92. The van der Waals surface area contributed by atoms with Crippen molar-refractivity contribution < 1.29 is 9.26 Å². The zero-order valence-electron chi connectivity index (χ0n) is 12.8. The smallest absolute Gasteiger partial charge is 0.238 e.